The van der Waals surface area contributed by atoms with Gasteiger partial charge >= 0.3 is 0 Å². The summed E-state index contributed by atoms with van der Waals surface area (Å²) >= 11 is 0. The zero-order chi connectivity index (χ0) is 7.33. The van der Waals surface area contributed by atoms with Crippen LogP contribution in [0.3, 0.4) is 0 Å². The van der Waals surface area contributed by atoms with Gasteiger partial charge in [-0.3, -0.25) is 0 Å². The number of hydrogen-bond acceptors (Lipinski definition) is 4. The molecule has 0 heterocycles. The van der Waals surface area contributed by atoms with E-state index >= 15 is 0 Å². The molecular weight excluding hydrogens is 126 g/mol. The molecular formula is C4H12NO4+. The molecule has 0 saturated carbocycles. The van der Waals surface area contributed by atoms with Gasteiger partial charge in [-0.1, -0.05) is 0 Å². The number of aliphatic hydroxyl groups excluding tert-OH is 1. The highest BCUT2D eigenvalue weighted by molar-refractivity contribution is 4.31. The third-order valence-corrected chi connectivity index (χ3v) is 0.866. The molecule has 0 aromatic rings. The summed E-state index contributed by atoms with van der Waals surface area (Å²) < 4.78 is 0. The van der Waals surface area contributed by atoms with Crippen molar-refractivity contribution in [1.82, 2.24) is 0 Å². The van der Waals surface area contributed by atoms with E-state index in [1.807, 2.05) is 0 Å². The first kappa shape index (κ1) is 8.80. The first-order valence-electron chi connectivity index (χ1n) is 2.73. The summed E-state index contributed by atoms with van der Waals surface area (Å²) in [4.78, 5) is -2.00. The predicted octanol–water partition coefficient (Wildman–Crippen LogP) is -0.257. The van der Waals surface area contributed by atoms with Crippen molar-refractivity contribution in [3.8, 4) is 0 Å². The highest BCUT2D eigenvalue weighted by Gasteiger charge is 2.16. The monoisotopic (exact) mass is 138 g/mol. The molecule has 56 valence electrons. The third-order valence-electron chi connectivity index (χ3n) is 0.866. The average molecular weight is 138 g/mol. The number of unbranched alkanes of at least 4 members (excludes halogenated alkanes) is 1. The van der Waals surface area contributed by atoms with Crippen molar-refractivity contribution < 1.29 is 25.7 Å². The highest BCUT2D eigenvalue weighted by atomic mass is 17.1. The van der Waals surface area contributed by atoms with Gasteiger partial charge in [0.2, 0.25) is 0 Å². The molecule has 5 nitrogen and oxygen atoms in total. The van der Waals surface area contributed by atoms with Crippen molar-refractivity contribution in [3.05, 3.63) is 0 Å². The van der Waals surface area contributed by atoms with Gasteiger partial charge in [0.1, 0.15) is 0 Å². The normalized spacial score (nSPS) is 12.0. The molecule has 0 spiro atoms. The summed E-state index contributed by atoms with van der Waals surface area (Å²) in [6.07, 6.45) is 0.835. The van der Waals surface area contributed by atoms with Crippen LogP contribution in [0.15, 0.2) is 0 Å². The lowest BCUT2D eigenvalue weighted by molar-refractivity contribution is -1.37. The summed E-state index contributed by atoms with van der Waals surface area (Å²) in [5.41, 5.74) is 0. The minimum Gasteiger partial charge on any atom is -0.396 e. The van der Waals surface area contributed by atoms with Gasteiger partial charge < -0.3 is 5.11 Å². The molecule has 0 aliphatic rings. The van der Waals surface area contributed by atoms with Gasteiger partial charge in [0, 0.05) is 13.0 Å². The fourth-order valence-corrected chi connectivity index (χ4v) is 0.436. The van der Waals surface area contributed by atoms with Crippen LogP contribution in [-0.2, 0) is 0 Å². The van der Waals surface area contributed by atoms with E-state index in [1.165, 1.54) is 0 Å². The van der Waals surface area contributed by atoms with Crippen LogP contribution in [0.4, 0.5) is 0 Å². The Balaban J connectivity index is 3.07. The molecule has 0 unspecified atom stereocenters. The Hall–Kier alpha value is -0.200. The molecule has 0 saturated heterocycles. The van der Waals surface area contributed by atoms with E-state index in [4.69, 9.17) is 20.7 Å². The average Bonchev–Trinajstić information content (AvgIpc) is 1.63. The Morgan fingerprint density at radius 2 is 1.56 bits per heavy atom. The van der Waals surface area contributed by atoms with Gasteiger partial charge in [-0.2, -0.15) is 0 Å². The Kier molecular flexibility index (Phi) is 3.67. The molecule has 4 N–H and O–H groups in total. The number of quaternary nitrogens is 1. The van der Waals surface area contributed by atoms with E-state index in [9.17, 15) is 0 Å². The molecule has 0 aromatic carbocycles. The first-order chi connectivity index (χ1) is 4.06. The van der Waals surface area contributed by atoms with E-state index in [1.54, 1.807) is 0 Å². The molecule has 5 heteroatoms. The van der Waals surface area contributed by atoms with Crippen LogP contribution in [-0.4, -0.2) is 38.9 Å². The molecule has 9 heavy (non-hydrogen) atoms. The second-order valence-electron chi connectivity index (χ2n) is 1.85. The van der Waals surface area contributed by atoms with E-state index in [0.717, 1.165) is 0 Å². The summed E-state index contributed by atoms with van der Waals surface area (Å²) in [5.74, 6) is 0. The van der Waals surface area contributed by atoms with Gasteiger partial charge in [-0.25, -0.2) is 0 Å². The number of hydroxylamine groups is 3. The lowest BCUT2D eigenvalue weighted by Crippen LogP contribution is -2.37. The molecule has 0 aromatic heterocycles. The fraction of sp³-hybridized carbons (Fsp3) is 1.00. The van der Waals surface area contributed by atoms with E-state index in [2.05, 4.69) is 0 Å². The topological polar surface area (TPSA) is 80.9 Å². The van der Waals surface area contributed by atoms with Gasteiger partial charge in [0.25, 0.3) is 0 Å². The number of nitrogens with zero attached hydrogens (tertiary/aromatic N) is 1. The Labute approximate surface area is 52.8 Å². The van der Waals surface area contributed by atoms with Crippen LogP contribution < -0.4 is 0 Å². The van der Waals surface area contributed by atoms with Crippen LogP contribution in [0, 0.1) is 0 Å². The van der Waals surface area contributed by atoms with Gasteiger partial charge in [0.15, 0.2) is 6.54 Å². The van der Waals surface area contributed by atoms with Gasteiger partial charge in [0.05, 0.1) is 4.97 Å². The summed E-state index contributed by atoms with van der Waals surface area (Å²) in [7, 11) is 0. The quantitative estimate of drug-likeness (QED) is 0.245. The smallest absolute Gasteiger partial charge is 0.177 e. The minimum absolute atomic E-state index is 0. The second kappa shape index (κ2) is 3.76. The Morgan fingerprint density at radius 1 is 1.00 bits per heavy atom. The third kappa shape index (κ3) is 7.80. The van der Waals surface area contributed by atoms with Gasteiger partial charge in [-0.05, 0) is 6.42 Å². The van der Waals surface area contributed by atoms with Crippen LogP contribution in [0.2, 0.25) is 0 Å². The molecule has 0 rings (SSSR count). The van der Waals surface area contributed by atoms with Crippen molar-refractivity contribution >= 4 is 0 Å². The van der Waals surface area contributed by atoms with Crippen molar-refractivity contribution in [1.29, 1.82) is 0 Å². The molecule has 0 radical (unpaired) electrons. The lowest BCUT2D eigenvalue weighted by Gasteiger charge is -2.09. The summed E-state index contributed by atoms with van der Waals surface area (Å²) in [5, 5.41) is 32.8. The molecule has 0 aliphatic carbocycles. The first-order valence-corrected chi connectivity index (χ1v) is 2.73. The maximum absolute atomic E-state index is 8.21. The van der Waals surface area contributed by atoms with Crippen molar-refractivity contribution in [2.75, 3.05) is 13.2 Å². The fourth-order valence-electron chi connectivity index (χ4n) is 0.436. The molecule has 0 fully saturated rings. The van der Waals surface area contributed by atoms with Crippen molar-refractivity contribution in [3.63, 3.8) is 0 Å². The van der Waals surface area contributed by atoms with Crippen LogP contribution in [0.5, 0.6) is 0 Å². The summed E-state index contributed by atoms with van der Waals surface area (Å²) in [6.45, 7) is -0.180. The molecule has 0 bridgehead atoms. The minimum atomic E-state index is -2.00. The zero-order valence-electron chi connectivity index (χ0n) is 5.06. The van der Waals surface area contributed by atoms with Crippen LogP contribution >= 0.6 is 0 Å². The van der Waals surface area contributed by atoms with E-state index < -0.39 is 4.97 Å². The van der Waals surface area contributed by atoms with Gasteiger partial charge in [-0.15, -0.1) is 15.6 Å². The maximum atomic E-state index is 8.21. The summed E-state index contributed by atoms with van der Waals surface area (Å²) in [6, 6.07) is 0. The molecule has 0 amide bonds. The van der Waals surface area contributed by atoms with E-state index in [-0.39, 0.29) is 13.2 Å². The van der Waals surface area contributed by atoms with Crippen molar-refractivity contribution in [2.45, 2.75) is 12.8 Å². The standard InChI is InChI=1S/C4H12NO4/c6-4-2-1-3-5(7,8)9/h6-9H,1-4H2/q+1. The predicted molar refractivity (Wildman–Crippen MR) is 26.8 cm³/mol. The Bertz CT molecular complexity index is 69.5. The number of hydrogen-bond donors (Lipinski definition) is 4. The number of rotatable bonds is 4. The second-order valence-corrected chi connectivity index (χ2v) is 1.85. The SMILES string of the molecule is OCCCC[N+](O)(O)O. The van der Waals surface area contributed by atoms with Crippen LogP contribution in [0.25, 0.3) is 0 Å². The maximum Gasteiger partial charge on any atom is 0.177 e. The van der Waals surface area contributed by atoms with Crippen LogP contribution in [0.1, 0.15) is 12.8 Å². The largest absolute Gasteiger partial charge is 0.396 e. The van der Waals surface area contributed by atoms with Crippen molar-refractivity contribution in [2.24, 2.45) is 0 Å². The Morgan fingerprint density at radius 3 is 1.89 bits per heavy atom. The van der Waals surface area contributed by atoms with E-state index in [0.29, 0.717) is 12.8 Å². The number of aliphatic hydroxyl groups is 1. The molecule has 0 atom stereocenters. The lowest BCUT2D eigenvalue weighted by atomic mass is 10.3. The highest BCUT2D eigenvalue weighted by Crippen LogP contribution is 1.94. The zero-order valence-corrected chi connectivity index (χ0v) is 5.06. The molecule has 0 aliphatic heterocycles.